The number of carbonyl (C=O) groups is 1. The van der Waals surface area contributed by atoms with E-state index < -0.39 is 12.1 Å². The number of hydrogen-bond donors (Lipinski definition) is 2. The number of fused-ring (bicyclic) bond motifs is 1. The first-order chi connectivity index (χ1) is 17.4. The summed E-state index contributed by atoms with van der Waals surface area (Å²) < 4.78 is 7.42. The number of ether oxygens (including phenoxy) is 1. The number of methoxy groups -OCH3 is 1. The van der Waals surface area contributed by atoms with Crippen LogP contribution < -0.4 is 4.74 Å². The van der Waals surface area contributed by atoms with Crippen LogP contribution in [-0.4, -0.2) is 62.4 Å². The molecule has 1 aromatic carbocycles. The molecule has 36 heavy (non-hydrogen) atoms. The lowest BCUT2D eigenvalue weighted by Crippen LogP contribution is -2.41. The van der Waals surface area contributed by atoms with Gasteiger partial charge in [-0.3, -0.25) is 9.78 Å². The third-order valence-electron chi connectivity index (χ3n) is 7.64. The summed E-state index contributed by atoms with van der Waals surface area (Å²) in [4.78, 5) is 22.6. The van der Waals surface area contributed by atoms with Gasteiger partial charge in [0.15, 0.2) is 0 Å². The van der Waals surface area contributed by atoms with Gasteiger partial charge in [0.05, 0.1) is 25.1 Å². The van der Waals surface area contributed by atoms with Crippen molar-refractivity contribution in [3.8, 4) is 5.75 Å². The van der Waals surface area contributed by atoms with Crippen molar-refractivity contribution < 1.29 is 19.7 Å². The van der Waals surface area contributed by atoms with E-state index in [0.29, 0.717) is 12.3 Å². The number of piperidine rings is 1. The Morgan fingerprint density at radius 3 is 2.86 bits per heavy atom. The number of nitrogens with zero attached hydrogens (tertiary/aromatic N) is 4. The molecule has 1 aliphatic heterocycles. The number of aliphatic hydroxyl groups is 1. The minimum Gasteiger partial charge on any atom is -0.497 e. The van der Waals surface area contributed by atoms with Gasteiger partial charge < -0.3 is 24.4 Å². The Hall–Kier alpha value is -2.97. The van der Waals surface area contributed by atoms with E-state index in [1.54, 1.807) is 13.3 Å². The number of rotatable bonds is 12. The van der Waals surface area contributed by atoms with E-state index in [1.807, 2.05) is 43.8 Å². The van der Waals surface area contributed by atoms with Crippen molar-refractivity contribution in [1.82, 2.24) is 19.4 Å². The van der Waals surface area contributed by atoms with Crippen LogP contribution in [0.4, 0.5) is 0 Å². The van der Waals surface area contributed by atoms with Gasteiger partial charge in [-0.15, -0.1) is 0 Å². The Bertz CT molecular complexity index is 1150. The van der Waals surface area contributed by atoms with Gasteiger partial charge in [0.25, 0.3) is 0 Å². The van der Waals surface area contributed by atoms with Crippen molar-refractivity contribution in [2.24, 2.45) is 18.9 Å². The number of likely N-dealkylation sites (tertiary alicyclic amines) is 1. The molecule has 8 heteroatoms. The zero-order valence-corrected chi connectivity index (χ0v) is 21.3. The van der Waals surface area contributed by atoms with Gasteiger partial charge in [-0.1, -0.05) is 0 Å². The van der Waals surface area contributed by atoms with Gasteiger partial charge in [0, 0.05) is 43.5 Å². The number of carboxylic acid groups (broad SMARTS) is 1. The first kappa shape index (κ1) is 26.1. The first-order valence-electron chi connectivity index (χ1n) is 12.9. The SMILES string of the molecule is COc1ccc2nccc(C(O)CC[C@@H]3CCN(CCCCc4cncn4C)C[C@@H]3CC(=O)O)c2c1. The van der Waals surface area contributed by atoms with Gasteiger partial charge in [-0.2, -0.15) is 0 Å². The third kappa shape index (κ3) is 6.62. The molecule has 1 fully saturated rings. The van der Waals surface area contributed by atoms with Crippen molar-refractivity contribution in [3.05, 3.63) is 54.2 Å². The van der Waals surface area contributed by atoms with E-state index >= 15 is 0 Å². The molecule has 0 radical (unpaired) electrons. The monoisotopic (exact) mass is 494 g/mol. The molecule has 8 nitrogen and oxygen atoms in total. The van der Waals surface area contributed by atoms with Crippen molar-refractivity contribution in [2.45, 2.75) is 51.0 Å². The van der Waals surface area contributed by atoms with Gasteiger partial charge in [-0.25, -0.2) is 4.98 Å². The zero-order valence-electron chi connectivity index (χ0n) is 21.3. The van der Waals surface area contributed by atoms with E-state index in [4.69, 9.17) is 4.74 Å². The zero-order chi connectivity index (χ0) is 25.5. The number of aromatic nitrogens is 3. The summed E-state index contributed by atoms with van der Waals surface area (Å²) in [6.45, 7) is 2.79. The minimum atomic E-state index is -0.740. The number of benzene rings is 1. The summed E-state index contributed by atoms with van der Waals surface area (Å²) in [5.74, 6) is 0.396. The molecule has 4 rings (SSSR count). The smallest absolute Gasteiger partial charge is 0.303 e. The Balaban J connectivity index is 1.32. The fourth-order valence-electron chi connectivity index (χ4n) is 5.55. The normalized spacial score (nSPS) is 19.4. The number of carboxylic acids is 1. The molecule has 1 aliphatic rings. The molecule has 3 heterocycles. The van der Waals surface area contributed by atoms with E-state index in [-0.39, 0.29) is 12.3 Å². The van der Waals surface area contributed by atoms with Crippen molar-refractivity contribution in [1.29, 1.82) is 0 Å². The molecule has 3 aromatic rings. The number of aryl methyl sites for hydroxylation is 2. The Morgan fingerprint density at radius 2 is 2.11 bits per heavy atom. The predicted octanol–water partition coefficient (Wildman–Crippen LogP) is 4.23. The van der Waals surface area contributed by atoms with Gasteiger partial charge in [0.1, 0.15) is 5.75 Å². The Morgan fingerprint density at radius 1 is 1.25 bits per heavy atom. The number of hydrogen-bond acceptors (Lipinski definition) is 6. The number of aliphatic hydroxyl groups excluding tert-OH is 1. The van der Waals surface area contributed by atoms with Gasteiger partial charge in [0.2, 0.25) is 0 Å². The summed E-state index contributed by atoms with van der Waals surface area (Å²) in [5.41, 5.74) is 2.92. The quantitative estimate of drug-likeness (QED) is 0.364. The standard InChI is InChI=1S/C28H38N4O4/c1-31-19-29-17-22(31)5-3-4-13-32-14-11-20(21(18-32)15-28(34)35)6-9-27(33)24-10-12-30-26-8-7-23(36-2)16-25(24)26/h7-8,10,12,16-17,19-21,27,33H,3-6,9,11,13-15,18H2,1-2H3,(H,34,35)/t20-,21+,27?/m1/s1. The van der Waals surface area contributed by atoms with Crippen LogP contribution >= 0.6 is 0 Å². The third-order valence-corrected chi connectivity index (χ3v) is 7.64. The summed E-state index contributed by atoms with van der Waals surface area (Å²) in [7, 11) is 3.65. The topological polar surface area (TPSA) is 101 Å². The summed E-state index contributed by atoms with van der Waals surface area (Å²) in [5, 5.41) is 21.5. The largest absolute Gasteiger partial charge is 0.497 e. The maximum Gasteiger partial charge on any atom is 0.303 e. The molecule has 1 saturated heterocycles. The predicted molar refractivity (Wildman–Crippen MR) is 139 cm³/mol. The first-order valence-corrected chi connectivity index (χ1v) is 12.9. The Kier molecular flexibility index (Phi) is 8.93. The summed E-state index contributed by atoms with van der Waals surface area (Å²) in [6.07, 6.45) is 10.6. The highest BCUT2D eigenvalue weighted by Crippen LogP contribution is 2.34. The second-order valence-corrected chi connectivity index (χ2v) is 10.0. The van der Waals surface area contributed by atoms with Crippen LogP contribution in [-0.2, 0) is 18.3 Å². The maximum absolute atomic E-state index is 11.6. The fraction of sp³-hybridized carbons (Fsp3) is 0.536. The lowest BCUT2D eigenvalue weighted by Gasteiger charge is -2.38. The van der Waals surface area contributed by atoms with Crippen LogP contribution in [0.1, 0.15) is 55.9 Å². The summed E-state index contributed by atoms with van der Waals surface area (Å²) >= 11 is 0. The molecule has 3 atom stereocenters. The molecule has 0 aliphatic carbocycles. The van der Waals surface area contributed by atoms with Crippen LogP contribution in [0, 0.1) is 11.8 Å². The minimum absolute atomic E-state index is 0.106. The molecule has 0 bridgehead atoms. The molecule has 1 unspecified atom stereocenters. The number of aliphatic carboxylic acids is 1. The second-order valence-electron chi connectivity index (χ2n) is 10.0. The molecule has 0 amide bonds. The highest BCUT2D eigenvalue weighted by Gasteiger charge is 2.31. The van der Waals surface area contributed by atoms with E-state index in [2.05, 4.69) is 19.4 Å². The molecule has 194 valence electrons. The highest BCUT2D eigenvalue weighted by atomic mass is 16.5. The fourth-order valence-corrected chi connectivity index (χ4v) is 5.55. The highest BCUT2D eigenvalue weighted by molar-refractivity contribution is 5.83. The average molecular weight is 495 g/mol. The molecule has 2 aromatic heterocycles. The molecular weight excluding hydrogens is 456 g/mol. The van der Waals surface area contributed by atoms with Crippen LogP contribution in [0.5, 0.6) is 5.75 Å². The van der Waals surface area contributed by atoms with Crippen LogP contribution in [0.3, 0.4) is 0 Å². The lowest BCUT2D eigenvalue weighted by atomic mass is 9.79. The molecule has 0 saturated carbocycles. The number of unbranched alkanes of at least 4 members (excludes halogenated alkanes) is 1. The van der Waals surface area contributed by atoms with E-state index in [9.17, 15) is 15.0 Å². The van der Waals surface area contributed by atoms with Gasteiger partial charge >= 0.3 is 5.97 Å². The van der Waals surface area contributed by atoms with Crippen LogP contribution in [0.15, 0.2) is 43.0 Å². The molecule has 0 spiro atoms. The van der Waals surface area contributed by atoms with Crippen LogP contribution in [0.25, 0.3) is 10.9 Å². The van der Waals surface area contributed by atoms with Crippen molar-refractivity contribution in [2.75, 3.05) is 26.7 Å². The lowest BCUT2D eigenvalue weighted by molar-refractivity contribution is -0.139. The van der Waals surface area contributed by atoms with E-state index in [1.165, 1.54) is 5.69 Å². The second kappa shape index (κ2) is 12.3. The van der Waals surface area contributed by atoms with Crippen molar-refractivity contribution in [3.63, 3.8) is 0 Å². The molecular formula is C28H38N4O4. The van der Waals surface area contributed by atoms with Crippen molar-refractivity contribution >= 4 is 16.9 Å². The molecule has 2 N–H and O–H groups in total. The maximum atomic E-state index is 11.6. The van der Waals surface area contributed by atoms with Crippen LogP contribution in [0.2, 0.25) is 0 Å². The summed E-state index contributed by atoms with van der Waals surface area (Å²) in [6, 6.07) is 7.56. The average Bonchev–Trinajstić information content (AvgIpc) is 3.29. The number of pyridine rings is 1. The number of imidazole rings is 1. The van der Waals surface area contributed by atoms with E-state index in [0.717, 1.165) is 74.0 Å². The van der Waals surface area contributed by atoms with Gasteiger partial charge in [-0.05, 0) is 93.3 Å². The Labute approximate surface area is 212 Å².